The van der Waals surface area contributed by atoms with Gasteiger partial charge < -0.3 is 15.5 Å². The minimum absolute atomic E-state index is 0.227. The van der Waals surface area contributed by atoms with Gasteiger partial charge in [0, 0.05) is 37.6 Å². The number of anilines is 2. The first kappa shape index (κ1) is 26.1. The Hall–Kier alpha value is -3.94. The van der Waals surface area contributed by atoms with Gasteiger partial charge in [-0.25, -0.2) is 4.79 Å². The summed E-state index contributed by atoms with van der Waals surface area (Å²) in [6, 6.07) is 11.4. The van der Waals surface area contributed by atoms with Crippen molar-refractivity contribution in [3.63, 3.8) is 0 Å². The molecular weight excluding hydrogens is 496 g/mol. The Balaban J connectivity index is 1.57. The molecule has 2 heterocycles. The fourth-order valence-electron chi connectivity index (χ4n) is 4.77. The third kappa shape index (κ3) is 5.01. The summed E-state index contributed by atoms with van der Waals surface area (Å²) < 4.78 is 2.69. The molecule has 2 amide bonds. The first-order valence-electron chi connectivity index (χ1n) is 12.0. The molecule has 3 aromatic rings. The van der Waals surface area contributed by atoms with E-state index in [2.05, 4.69) is 10.6 Å². The van der Waals surface area contributed by atoms with Gasteiger partial charge in [-0.1, -0.05) is 11.6 Å². The highest BCUT2D eigenvalue weighted by molar-refractivity contribution is 6.32. The smallest absolute Gasteiger partial charge is 0.326 e. The maximum absolute atomic E-state index is 13.3. The van der Waals surface area contributed by atoms with E-state index in [1.54, 1.807) is 31.2 Å². The zero-order chi connectivity index (χ0) is 26.9. The third-order valence-corrected chi connectivity index (χ3v) is 6.97. The summed E-state index contributed by atoms with van der Waals surface area (Å²) in [5.74, 6) is -1.93. The fraction of sp³-hybridized carbons (Fsp3) is 0.346. The number of carbonyl (C=O) groups excluding carboxylic acids is 2. The molecule has 1 saturated heterocycles. The molecule has 0 radical (unpaired) electrons. The van der Waals surface area contributed by atoms with E-state index in [0.29, 0.717) is 47.5 Å². The second-order valence-electron chi connectivity index (χ2n) is 9.03. The van der Waals surface area contributed by atoms with Gasteiger partial charge in [0.25, 0.3) is 5.56 Å². The zero-order valence-corrected chi connectivity index (χ0v) is 21.5. The van der Waals surface area contributed by atoms with Gasteiger partial charge in [-0.15, -0.1) is 0 Å². The van der Waals surface area contributed by atoms with Crippen LogP contribution in [-0.4, -0.2) is 46.0 Å². The van der Waals surface area contributed by atoms with E-state index in [1.807, 2.05) is 24.9 Å². The first-order valence-corrected chi connectivity index (χ1v) is 12.3. The van der Waals surface area contributed by atoms with E-state index < -0.39 is 17.4 Å². The van der Waals surface area contributed by atoms with Crippen molar-refractivity contribution in [3.05, 3.63) is 67.8 Å². The predicted molar refractivity (Wildman–Crippen MR) is 142 cm³/mol. The molecule has 37 heavy (non-hydrogen) atoms. The molecule has 1 fully saturated rings. The number of benzene rings is 2. The van der Waals surface area contributed by atoms with Crippen molar-refractivity contribution in [1.29, 1.82) is 5.26 Å². The molecule has 0 unspecified atom stereocenters. The molecule has 4 rings (SSSR count). The second kappa shape index (κ2) is 10.6. The predicted octanol–water partition coefficient (Wildman–Crippen LogP) is 2.48. The molecule has 2 atom stereocenters. The number of nitriles is 1. The van der Waals surface area contributed by atoms with E-state index in [9.17, 15) is 19.2 Å². The third-order valence-electron chi connectivity index (χ3n) is 6.66. The van der Waals surface area contributed by atoms with Crippen LogP contribution in [-0.2, 0) is 22.7 Å². The van der Waals surface area contributed by atoms with Crippen molar-refractivity contribution in [2.75, 3.05) is 30.8 Å². The van der Waals surface area contributed by atoms with Gasteiger partial charge in [0.2, 0.25) is 11.8 Å². The minimum Gasteiger partial charge on any atom is -0.326 e. The summed E-state index contributed by atoms with van der Waals surface area (Å²) in [5.41, 5.74) is 0.860. The molecule has 2 aromatic carbocycles. The van der Waals surface area contributed by atoms with Crippen molar-refractivity contribution >= 4 is 45.7 Å². The number of nitrogens with zero attached hydrogens (tertiary/aromatic N) is 4. The Morgan fingerprint density at radius 3 is 2.08 bits per heavy atom. The number of rotatable bonds is 6. The Kier molecular flexibility index (Phi) is 7.47. The maximum atomic E-state index is 13.3. The number of halogens is 1. The molecule has 1 aromatic heterocycles. The highest BCUT2D eigenvalue weighted by Gasteiger charge is 2.40. The molecule has 0 bridgehead atoms. The van der Waals surface area contributed by atoms with Crippen LogP contribution >= 0.6 is 11.6 Å². The summed E-state index contributed by atoms with van der Waals surface area (Å²) in [6.07, 6.45) is 0. The monoisotopic (exact) mass is 522 g/mol. The minimum atomic E-state index is -0.633. The Labute approximate surface area is 218 Å². The lowest BCUT2D eigenvalue weighted by atomic mass is 9.94. The second-order valence-corrected chi connectivity index (χ2v) is 9.43. The van der Waals surface area contributed by atoms with E-state index in [0.717, 1.165) is 0 Å². The van der Waals surface area contributed by atoms with Crippen LogP contribution in [0.15, 0.2) is 46.0 Å². The van der Waals surface area contributed by atoms with Gasteiger partial charge >= 0.3 is 5.69 Å². The van der Waals surface area contributed by atoms with Gasteiger partial charge in [-0.05, 0) is 57.3 Å². The van der Waals surface area contributed by atoms with Gasteiger partial charge in [0.15, 0.2) is 0 Å². The number of aryl methyl sites for hydroxylation is 1. The largest absolute Gasteiger partial charge is 0.331 e. The number of aromatic nitrogens is 2. The fourth-order valence-corrected chi connectivity index (χ4v) is 4.99. The van der Waals surface area contributed by atoms with E-state index in [1.165, 1.54) is 21.3 Å². The maximum Gasteiger partial charge on any atom is 0.331 e. The Morgan fingerprint density at radius 1 is 0.973 bits per heavy atom. The molecule has 192 valence electrons. The Morgan fingerprint density at radius 2 is 1.54 bits per heavy atom. The summed E-state index contributed by atoms with van der Waals surface area (Å²) in [7, 11) is 1.83. The Bertz CT molecular complexity index is 1550. The molecule has 2 N–H and O–H groups in total. The van der Waals surface area contributed by atoms with Gasteiger partial charge in [0.05, 0.1) is 33.3 Å². The number of hydrogen-bond donors (Lipinski definition) is 2. The first-order chi connectivity index (χ1) is 17.7. The molecule has 11 heteroatoms. The van der Waals surface area contributed by atoms with Crippen molar-refractivity contribution < 1.29 is 9.59 Å². The highest BCUT2D eigenvalue weighted by Crippen LogP contribution is 2.27. The average molecular weight is 523 g/mol. The van der Waals surface area contributed by atoms with Crippen LogP contribution in [0.2, 0.25) is 5.02 Å². The van der Waals surface area contributed by atoms with Crippen LogP contribution in [0.4, 0.5) is 11.4 Å². The normalized spacial score (nSPS) is 17.5. The lowest BCUT2D eigenvalue weighted by Crippen LogP contribution is -2.39. The summed E-state index contributed by atoms with van der Waals surface area (Å²) in [6.45, 7) is 4.96. The lowest BCUT2D eigenvalue weighted by molar-refractivity contribution is -0.127. The number of hydrogen-bond acceptors (Lipinski definition) is 6. The standard InChI is InChI=1S/C26H27ClN6O4/c1-4-32-22-9-8-16(10-18(22)25(36)33(5-2)26(32)37)29-23(34)19-13-31(3)14-20(19)24(35)30-17-7-6-15(12-28)21(27)11-17/h6-11,19-20H,4-5,13-14H2,1-3H3,(H,29,34)(H,30,35)/t19-,20+/m0/s1. The SMILES string of the molecule is CCn1c(=O)c2cc(NC(=O)[C@H]3CN(C)C[C@H]3C(=O)Nc3ccc(C#N)c(Cl)c3)ccc2n(CC)c1=O. The van der Waals surface area contributed by atoms with Crippen molar-refractivity contribution in [2.24, 2.45) is 11.8 Å². The lowest BCUT2D eigenvalue weighted by Gasteiger charge is -2.18. The van der Waals surface area contributed by atoms with Gasteiger partial charge in [-0.2, -0.15) is 5.26 Å². The molecule has 1 aliphatic rings. The van der Waals surface area contributed by atoms with Crippen LogP contribution in [0.5, 0.6) is 0 Å². The van der Waals surface area contributed by atoms with Crippen molar-refractivity contribution in [3.8, 4) is 6.07 Å². The van der Waals surface area contributed by atoms with Crippen LogP contribution in [0.3, 0.4) is 0 Å². The molecular formula is C26H27ClN6O4. The van der Waals surface area contributed by atoms with Crippen molar-refractivity contribution in [1.82, 2.24) is 14.0 Å². The van der Waals surface area contributed by atoms with E-state index >= 15 is 0 Å². The topological polar surface area (TPSA) is 129 Å². The number of fused-ring (bicyclic) bond motifs is 1. The van der Waals surface area contributed by atoms with Gasteiger partial charge in [-0.3, -0.25) is 23.5 Å². The zero-order valence-electron chi connectivity index (χ0n) is 20.7. The molecule has 0 aliphatic carbocycles. The van der Waals surface area contributed by atoms with Crippen LogP contribution < -0.4 is 21.9 Å². The highest BCUT2D eigenvalue weighted by atomic mass is 35.5. The van der Waals surface area contributed by atoms with Crippen LogP contribution in [0.25, 0.3) is 10.9 Å². The summed E-state index contributed by atoms with van der Waals surface area (Å²) in [4.78, 5) is 53.8. The molecule has 10 nitrogen and oxygen atoms in total. The number of likely N-dealkylation sites (tertiary alicyclic amines) is 1. The van der Waals surface area contributed by atoms with Crippen LogP contribution in [0, 0.1) is 23.2 Å². The summed E-state index contributed by atoms with van der Waals surface area (Å²) >= 11 is 6.08. The number of nitrogens with one attached hydrogen (secondary N) is 2. The number of carbonyl (C=O) groups is 2. The van der Waals surface area contributed by atoms with E-state index in [4.69, 9.17) is 16.9 Å². The molecule has 0 spiro atoms. The molecule has 0 saturated carbocycles. The number of amides is 2. The van der Waals surface area contributed by atoms with Crippen LogP contribution in [0.1, 0.15) is 19.4 Å². The molecule has 1 aliphatic heterocycles. The quantitative estimate of drug-likeness (QED) is 0.511. The van der Waals surface area contributed by atoms with E-state index in [-0.39, 0.29) is 29.1 Å². The average Bonchev–Trinajstić information content (AvgIpc) is 3.27. The van der Waals surface area contributed by atoms with Crippen molar-refractivity contribution in [2.45, 2.75) is 26.9 Å². The summed E-state index contributed by atoms with van der Waals surface area (Å²) in [5, 5.41) is 15.2. The van der Waals surface area contributed by atoms with Gasteiger partial charge in [0.1, 0.15) is 6.07 Å².